The van der Waals surface area contributed by atoms with Gasteiger partial charge in [-0.05, 0) is 36.9 Å². The first-order valence-corrected chi connectivity index (χ1v) is 7.70. The maximum absolute atomic E-state index is 5.12. The minimum absolute atomic E-state index is 0.637. The molecule has 0 saturated heterocycles. The van der Waals surface area contributed by atoms with Crippen molar-refractivity contribution in [2.24, 2.45) is 5.10 Å². The molecule has 0 saturated carbocycles. The predicted molar refractivity (Wildman–Crippen MR) is 85.1 cm³/mol. The Morgan fingerprint density at radius 2 is 2.10 bits per heavy atom. The third-order valence-electron chi connectivity index (χ3n) is 2.76. The van der Waals surface area contributed by atoms with Crippen molar-refractivity contribution in [1.82, 2.24) is 15.2 Å². The molecule has 0 spiro atoms. The lowest BCUT2D eigenvalue weighted by Gasteiger charge is -2.06. The first-order valence-electron chi connectivity index (χ1n) is 6.47. The van der Waals surface area contributed by atoms with E-state index in [2.05, 4.69) is 25.7 Å². The Bertz CT molecular complexity index is 615. The summed E-state index contributed by atoms with van der Waals surface area (Å²) < 4.78 is 5.12. The topological polar surface area (TPSA) is 72.3 Å². The number of hydrogen-bond donors (Lipinski definition) is 1. The summed E-state index contributed by atoms with van der Waals surface area (Å²) in [5.74, 6) is 0.810. The minimum Gasteiger partial charge on any atom is -0.497 e. The second-order valence-corrected chi connectivity index (χ2v) is 4.85. The molecule has 0 aliphatic heterocycles. The summed E-state index contributed by atoms with van der Waals surface area (Å²) in [6.45, 7) is 2.02. The average molecular weight is 303 g/mol. The number of aromatic nitrogens is 3. The van der Waals surface area contributed by atoms with Crippen molar-refractivity contribution >= 4 is 23.2 Å². The van der Waals surface area contributed by atoms with E-state index in [0.717, 1.165) is 29.3 Å². The third kappa shape index (κ3) is 4.16. The molecular weight excluding hydrogens is 286 g/mol. The van der Waals surface area contributed by atoms with Gasteiger partial charge in [0, 0.05) is 0 Å². The Labute approximate surface area is 128 Å². The lowest BCUT2D eigenvalue weighted by Crippen LogP contribution is -2.08. The van der Waals surface area contributed by atoms with Crippen molar-refractivity contribution in [1.29, 1.82) is 0 Å². The summed E-state index contributed by atoms with van der Waals surface area (Å²) in [6.07, 6.45) is 4.28. The first kappa shape index (κ1) is 15.2. The fraction of sp³-hybridized carbons (Fsp3) is 0.286. The van der Waals surface area contributed by atoms with Gasteiger partial charge in [0.05, 0.1) is 24.7 Å². The maximum Gasteiger partial charge on any atom is 0.209 e. The molecule has 0 amide bonds. The summed E-state index contributed by atoms with van der Waals surface area (Å²) in [5.41, 5.74) is 5.47. The van der Waals surface area contributed by atoms with Gasteiger partial charge in [-0.2, -0.15) is 10.2 Å². The van der Waals surface area contributed by atoms with Gasteiger partial charge >= 0.3 is 0 Å². The van der Waals surface area contributed by atoms with E-state index in [9.17, 15) is 0 Å². The second-order valence-electron chi connectivity index (χ2n) is 4.08. The molecule has 0 bridgehead atoms. The van der Waals surface area contributed by atoms with E-state index in [1.807, 2.05) is 37.4 Å². The summed E-state index contributed by atoms with van der Waals surface area (Å²) in [6, 6.07) is 7.56. The van der Waals surface area contributed by atoms with Crippen LogP contribution in [0.25, 0.3) is 0 Å². The Morgan fingerprint density at radius 3 is 2.71 bits per heavy atom. The number of nitrogens with zero attached hydrogens (tertiary/aromatic N) is 4. The normalized spacial score (nSPS) is 11.3. The van der Waals surface area contributed by atoms with Crippen molar-refractivity contribution < 1.29 is 4.74 Å². The first-order chi connectivity index (χ1) is 10.3. The van der Waals surface area contributed by atoms with Crippen LogP contribution in [-0.4, -0.2) is 34.3 Å². The summed E-state index contributed by atoms with van der Waals surface area (Å²) in [7, 11) is 1.64. The molecule has 1 heterocycles. The van der Waals surface area contributed by atoms with Crippen molar-refractivity contribution in [2.75, 3.05) is 18.8 Å². The molecule has 0 fully saturated rings. The molecule has 1 aromatic heterocycles. The molecule has 1 aromatic carbocycles. The number of hydrogen-bond acceptors (Lipinski definition) is 7. The highest BCUT2D eigenvalue weighted by Crippen LogP contribution is 2.15. The highest BCUT2D eigenvalue weighted by atomic mass is 32.2. The Hall–Kier alpha value is -2.15. The summed E-state index contributed by atoms with van der Waals surface area (Å²) in [5, 5.41) is 12.9. The standard InChI is InChI=1S/C14H17N5OS/c1-4-12(13-9-15-19-14(16-13)21-3)18-17-10-5-7-11(20-2)8-6-10/h5-9,17H,4H2,1-3H3. The average Bonchev–Trinajstić information content (AvgIpc) is 2.56. The van der Waals surface area contributed by atoms with Crippen LogP contribution in [0.5, 0.6) is 5.75 Å². The van der Waals surface area contributed by atoms with Crippen LogP contribution in [0.15, 0.2) is 40.7 Å². The van der Waals surface area contributed by atoms with Crippen LogP contribution in [0.1, 0.15) is 19.0 Å². The van der Waals surface area contributed by atoms with Crippen LogP contribution >= 0.6 is 11.8 Å². The molecule has 0 atom stereocenters. The zero-order valence-corrected chi connectivity index (χ0v) is 13.0. The molecule has 0 unspecified atom stereocenters. The molecular formula is C14H17N5OS. The number of nitrogens with one attached hydrogen (secondary N) is 1. The zero-order valence-electron chi connectivity index (χ0n) is 12.2. The molecule has 0 aliphatic carbocycles. The van der Waals surface area contributed by atoms with Crippen LogP contribution in [0.4, 0.5) is 5.69 Å². The highest BCUT2D eigenvalue weighted by molar-refractivity contribution is 7.98. The number of methoxy groups -OCH3 is 1. The van der Waals surface area contributed by atoms with Crippen LogP contribution in [-0.2, 0) is 0 Å². The number of thioether (sulfide) groups is 1. The number of benzene rings is 1. The van der Waals surface area contributed by atoms with Crippen LogP contribution < -0.4 is 10.2 Å². The van der Waals surface area contributed by atoms with E-state index in [0.29, 0.717) is 5.16 Å². The van der Waals surface area contributed by atoms with E-state index in [1.165, 1.54) is 11.8 Å². The smallest absolute Gasteiger partial charge is 0.209 e. The number of rotatable bonds is 6. The van der Waals surface area contributed by atoms with Crippen LogP contribution in [0.2, 0.25) is 0 Å². The Morgan fingerprint density at radius 1 is 1.33 bits per heavy atom. The number of hydrazone groups is 1. The van der Waals surface area contributed by atoms with E-state index in [-0.39, 0.29) is 0 Å². The van der Waals surface area contributed by atoms with Gasteiger partial charge in [-0.15, -0.1) is 5.10 Å². The molecule has 2 rings (SSSR count). The molecule has 110 valence electrons. The van der Waals surface area contributed by atoms with Gasteiger partial charge in [-0.3, -0.25) is 5.43 Å². The summed E-state index contributed by atoms with van der Waals surface area (Å²) >= 11 is 1.46. The van der Waals surface area contributed by atoms with E-state index >= 15 is 0 Å². The lowest BCUT2D eigenvalue weighted by molar-refractivity contribution is 0.415. The van der Waals surface area contributed by atoms with Crippen molar-refractivity contribution in [3.63, 3.8) is 0 Å². The van der Waals surface area contributed by atoms with Gasteiger partial charge in [0.15, 0.2) is 0 Å². The minimum atomic E-state index is 0.637. The quantitative estimate of drug-likeness (QED) is 0.502. The predicted octanol–water partition coefficient (Wildman–Crippen LogP) is 2.83. The highest BCUT2D eigenvalue weighted by Gasteiger charge is 2.06. The molecule has 6 nitrogen and oxygen atoms in total. The third-order valence-corrected chi connectivity index (χ3v) is 3.30. The fourth-order valence-corrected chi connectivity index (χ4v) is 1.95. The second kappa shape index (κ2) is 7.58. The largest absolute Gasteiger partial charge is 0.497 e. The van der Waals surface area contributed by atoms with Gasteiger partial charge in [-0.25, -0.2) is 4.98 Å². The van der Waals surface area contributed by atoms with Crippen molar-refractivity contribution in [3.05, 3.63) is 36.2 Å². The lowest BCUT2D eigenvalue weighted by atomic mass is 10.2. The monoisotopic (exact) mass is 303 g/mol. The molecule has 7 heteroatoms. The number of ether oxygens (including phenoxy) is 1. The van der Waals surface area contributed by atoms with E-state index in [1.54, 1.807) is 13.3 Å². The fourth-order valence-electron chi connectivity index (χ4n) is 1.63. The number of anilines is 1. The van der Waals surface area contributed by atoms with Crippen molar-refractivity contribution in [2.45, 2.75) is 18.5 Å². The Balaban J connectivity index is 2.15. The van der Waals surface area contributed by atoms with Gasteiger partial charge in [-0.1, -0.05) is 18.7 Å². The molecule has 0 aliphatic rings. The zero-order chi connectivity index (χ0) is 15.1. The van der Waals surface area contributed by atoms with Crippen molar-refractivity contribution in [3.8, 4) is 5.75 Å². The van der Waals surface area contributed by atoms with Crippen LogP contribution in [0, 0.1) is 0 Å². The SMILES string of the molecule is CCC(=NNc1ccc(OC)cc1)c1cnnc(SC)n1. The van der Waals surface area contributed by atoms with Gasteiger partial charge in [0.25, 0.3) is 0 Å². The summed E-state index contributed by atoms with van der Waals surface area (Å²) in [4.78, 5) is 4.40. The maximum atomic E-state index is 5.12. The van der Waals surface area contributed by atoms with E-state index < -0.39 is 0 Å². The molecule has 0 radical (unpaired) electrons. The van der Waals surface area contributed by atoms with Gasteiger partial charge < -0.3 is 4.74 Å². The van der Waals surface area contributed by atoms with Gasteiger partial charge in [0.1, 0.15) is 11.4 Å². The van der Waals surface area contributed by atoms with Crippen LogP contribution in [0.3, 0.4) is 0 Å². The molecule has 21 heavy (non-hydrogen) atoms. The van der Waals surface area contributed by atoms with E-state index in [4.69, 9.17) is 4.74 Å². The molecule has 1 N–H and O–H groups in total. The van der Waals surface area contributed by atoms with Gasteiger partial charge in [0.2, 0.25) is 5.16 Å². The molecule has 2 aromatic rings. The Kier molecular flexibility index (Phi) is 5.51.